The van der Waals surface area contributed by atoms with E-state index in [1.165, 1.54) is 4.90 Å². The highest BCUT2D eigenvalue weighted by Crippen LogP contribution is 2.37. The summed E-state index contributed by atoms with van der Waals surface area (Å²) in [4.78, 5) is 28.2. The quantitative estimate of drug-likeness (QED) is 0.273. The second-order valence-corrected chi connectivity index (χ2v) is 10.5. The fraction of sp³-hybridized carbons (Fsp3) is 0.414. The van der Waals surface area contributed by atoms with Crippen molar-refractivity contribution in [3.05, 3.63) is 77.8 Å². The monoisotopic (exact) mass is 578 g/mol. The van der Waals surface area contributed by atoms with Crippen molar-refractivity contribution < 1.29 is 38.1 Å². The highest BCUT2D eigenvalue weighted by molar-refractivity contribution is 5.77. The van der Waals surface area contributed by atoms with Gasteiger partial charge >= 0.3 is 5.97 Å². The van der Waals surface area contributed by atoms with Gasteiger partial charge in [-0.2, -0.15) is 0 Å². The first-order chi connectivity index (χ1) is 19.3. The number of aliphatic hydroxyl groups excluding tert-OH is 2. The lowest BCUT2D eigenvalue weighted by molar-refractivity contribution is -0.142. The molecule has 2 atom stereocenters. The molecule has 1 amide bonds. The average molecular weight is 579 g/mol. The largest absolute Gasteiger partial charge is 0.480 e. The maximum absolute atomic E-state index is 14.7. The molecule has 0 saturated carbocycles. The number of aliphatic carboxylic acids is 1. The Bertz CT molecular complexity index is 1280. The Morgan fingerprint density at radius 3 is 2.24 bits per heavy atom. The van der Waals surface area contributed by atoms with E-state index in [1.807, 2.05) is 51.1 Å². The third-order valence-electron chi connectivity index (χ3n) is 6.08. The third-order valence-corrected chi connectivity index (χ3v) is 6.08. The first-order valence-corrected chi connectivity index (χ1v) is 12.9. The molecule has 0 spiro atoms. The number of aliphatic hydroxyl groups is 2. The molecule has 2 aromatic carbocycles. The Morgan fingerprint density at radius 2 is 1.71 bits per heavy atom. The van der Waals surface area contributed by atoms with E-state index in [-0.39, 0.29) is 24.2 Å². The van der Waals surface area contributed by atoms with Gasteiger partial charge in [-0.25, -0.2) is 22.9 Å². The maximum atomic E-state index is 14.7. The molecule has 224 valence electrons. The zero-order valence-electron chi connectivity index (χ0n) is 23.3. The van der Waals surface area contributed by atoms with Gasteiger partial charge in [-0.3, -0.25) is 4.79 Å². The Balaban J connectivity index is 0.00000108. The number of nitrogens with two attached hydrogens (primary N) is 1. The number of hydrogen-bond acceptors (Lipinski definition) is 6. The Labute approximate surface area is 237 Å². The lowest BCUT2D eigenvalue weighted by Gasteiger charge is -2.41. The summed E-state index contributed by atoms with van der Waals surface area (Å²) in [5.41, 5.74) is 6.33. The van der Waals surface area contributed by atoms with E-state index in [0.717, 1.165) is 23.8 Å². The molecule has 12 heteroatoms. The molecule has 0 bridgehead atoms. The number of hydrogen-bond donors (Lipinski definition) is 4. The molecule has 41 heavy (non-hydrogen) atoms. The summed E-state index contributed by atoms with van der Waals surface area (Å²) in [6.07, 6.45) is 1.46. The van der Waals surface area contributed by atoms with Crippen LogP contribution in [0.2, 0.25) is 0 Å². The summed E-state index contributed by atoms with van der Waals surface area (Å²) >= 11 is 0. The summed E-state index contributed by atoms with van der Waals surface area (Å²) in [5.74, 6) is -2.46. The molecule has 1 aromatic heterocycles. The van der Waals surface area contributed by atoms with E-state index in [1.54, 1.807) is 10.8 Å². The number of halogens is 3. The number of carboxylic acid groups (broad SMARTS) is 1. The van der Waals surface area contributed by atoms with Crippen LogP contribution in [0.5, 0.6) is 0 Å². The van der Waals surface area contributed by atoms with Crippen LogP contribution in [0.4, 0.5) is 13.2 Å². The van der Waals surface area contributed by atoms with E-state index in [4.69, 9.17) is 20.7 Å². The van der Waals surface area contributed by atoms with Gasteiger partial charge in [0.05, 0.1) is 5.69 Å². The van der Waals surface area contributed by atoms with Gasteiger partial charge in [0.25, 0.3) is 0 Å². The minimum Gasteiger partial charge on any atom is -0.480 e. The Kier molecular flexibility index (Phi) is 12.5. The maximum Gasteiger partial charge on any atom is 0.329 e. The van der Waals surface area contributed by atoms with Gasteiger partial charge < -0.3 is 30.5 Å². The van der Waals surface area contributed by atoms with Crippen LogP contribution >= 0.6 is 0 Å². The van der Waals surface area contributed by atoms with Crippen molar-refractivity contribution in [1.29, 1.82) is 0 Å². The van der Waals surface area contributed by atoms with E-state index in [0.29, 0.717) is 12.2 Å². The van der Waals surface area contributed by atoms with Gasteiger partial charge in [0.15, 0.2) is 0 Å². The minimum absolute atomic E-state index is 0.00444. The first-order valence-electron chi connectivity index (χ1n) is 12.9. The van der Waals surface area contributed by atoms with Gasteiger partial charge in [-0.15, -0.1) is 0 Å². The number of aromatic nitrogens is 2. The number of carbonyl (C=O) groups excluding carboxylic acids is 1. The van der Waals surface area contributed by atoms with Gasteiger partial charge in [0, 0.05) is 36.2 Å². The van der Waals surface area contributed by atoms with Crippen molar-refractivity contribution in [1.82, 2.24) is 14.5 Å². The van der Waals surface area contributed by atoms with Gasteiger partial charge in [0.1, 0.15) is 43.5 Å². The van der Waals surface area contributed by atoms with Crippen LogP contribution in [0.1, 0.15) is 44.7 Å². The van der Waals surface area contributed by atoms with Crippen molar-refractivity contribution in [3.8, 4) is 11.3 Å². The van der Waals surface area contributed by atoms with E-state index < -0.39 is 61.0 Å². The van der Waals surface area contributed by atoms with Gasteiger partial charge in [-0.1, -0.05) is 51.1 Å². The summed E-state index contributed by atoms with van der Waals surface area (Å²) in [6, 6.07) is 11.9. The summed E-state index contributed by atoms with van der Waals surface area (Å²) in [5, 5.41) is 24.7. The number of carbonyl (C=O) groups is 2. The predicted molar refractivity (Wildman–Crippen MR) is 147 cm³/mol. The molecule has 0 aliphatic heterocycles. The Morgan fingerprint density at radius 1 is 1.07 bits per heavy atom. The first kappa shape index (κ1) is 33.5. The summed E-state index contributed by atoms with van der Waals surface area (Å²) < 4.78 is 43.5. The lowest BCUT2D eigenvalue weighted by atomic mass is 9.90. The predicted octanol–water partition coefficient (Wildman–Crippen LogP) is 3.53. The SMILES string of the molecule is CC(C)(C)[C@@H](N(CC[C@H](N)CF)C(=O)CO)n1cc(-c2cc(F)ccc2F)nc1Cc1ccccc1.O=C(O)CO. The fourth-order valence-corrected chi connectivity index (χ4v) is 4.27. The molecule has 1 heterocycles. The number of benzene rings is 2. The molecule has 0 aliphatic carbocycles. The molecule has 3 rings (SSSR count). The molecular weight excluding hydrogens is 541 g/mol. The van der Waals surface area contributed by atoms with Crippen molar-refractivity contribution in [2.75, 3.05) is 26.4 Å². The Hall–Kier alpha value is -3.74. The number of imidazole rings is 1. The van der Waals surface area contributed by atoms with Crippen molar-refractivity contribution >= 4 is 11.9 Å². The zero-order valence-corrected chi connectivity index (χ0v) is 23.3. The van der Waals surface area contributed by atoms with E-state index >= 15 is 0 Å². The molecule has 9 nitrogen and oxygen atoms in total. The molecular formula is C29H37F3N4O5. The molecule has 0 unspecified atom stereocenters. The zero-order chi connectivity index (χ0) is 30.7. The number of rotatable bonds is 11. The fourth-order valence-electron chi connectivity index (χ4n) is 4.27. The van der Waals surface area contributed by atoms with Crippen molar-refractivity contribution in [2.45, 2.75) is 45.8 Å². The van der Waals surface area contributed by atoms with Crippen molar-refractivity contribution in [3.63, 3.8) is 0 Å². The summed E-state index contributed by atoms with van der Waals surface area (Å²) in [6.45, 7) is 3.58. The molecule has 0 aliphatic rings. The van der Waals surface area contributed by atoms with Gasteiger partial charge in [0.2, 0.25) is 5.91 Å². The average Bonchev–Trinajstić information content (AvgIpc) is 3.33. The van der Waals surface area contributed by atoms with Crippen LogP contribution in [0, 0.1) is 17.0 Å². The highest BCUT2D eigenvalue weighted by Gasteiger charge is 2.36. The van der Waals surface area contributed by atoms with E-state index in [9.17, 15) is 23.1 Å². The number of amides is 1. The molecule has 0 fully saturated rings. The minimum atomic E-state index is -1.19. The number of carboxylic acids is 1. The molecule has 5 N–H and O–H groups in total. The second-order valence-electron chi connectivity index (χ2n) is 10.5. The lowest BCUT2D eigenvalue weighted by Crippen LogP contribution is -2.47. The molecule has 0 saturated heterocycles. The second kappa shape index (κ2) is 15.3. The third kappa shape index (κ3) is 9.69. The van der Waals surface area contributed by atoms with Crippen LogP contribution in [0.3, 0.4) is 0 Å². The van der Waals surface area contributed by atoms with Crippen LogP contribution in [-0.2, 0) is 16.0 Å². The van der Waals surface area contributed by atoms with Crippen molar-refractivity contribution in [2.24, 2.45) is 11.1 Å². The van der Waals surface area contributed by atoms with Crippen LogP contribution in [0.25, 0.3) is 11.3 Å². The van der Waals surface area contributed by atoms with E-state index in [2.05, 4.69) is 4.98 Å². The molecule has 0 radical (unpaired) electrons. The number of alkyl halides is 1. The number of nitrogens with zero attached hydrogens (tertiary/aromatic N) is 3. The summed E-state index contributed by atoms with van der Waals surface area (Å²) in [7, 11) is 0. The van der Waals surface area contributed by atoms with Crippen LogP contribution < -0.4 is 5.73 Å². The topological polar surface area (TPSA) is 142 Å². The van der Waals surface area contributed by atoms with Crippen LogP contribution in [-0.4, -0.2) is 74.1 Å². The molecule has 3 aromatic rings. The van der Waals surface area contributed by atoms with Crippen LogP contribution in [0.15, 0.2) is 54.7 Å². The highest BCUT2D eigenvalue weighted by atomic mass is 19.1. The van der Waals surface area contributed by atoms with Gasteiger partial charge in [-0.05, 0) is 30.2 Å². The normalized spacial score (nSPS) is 12.7. The smallest absolute Gasteiger partial charge is 0.329 e. The standard InChI is InChI=1S/C27H33F3N4O2.C2H4O3/c1-27(2,3)26(33(25(36)17-35)12-11-20(31)15-28)34-16-23(21-14-19(29)9-10-22(21)30)32-24(34)13-18-7-5-4-6-8-18;3-1-2(4)5/h4-10,14,16,20,26,35H,11-13,15,17,31H2,1-3H3;3H,1H2,(H,4,5)/t20-,26-;/m0./s1.